The molecule has 2 unspecified atom stereocenters. The molecular formula is C17H21N7O2S2. The van der Waals surface area contributed by atoms with Crippen LogP contribution in [-0.2, 0) is 16.1 Å². The van der Waals surface area contributed by atoms with E-state index in [1.807, 2.05) is 38.1 Å². The monoisotopic (exact) mass is 419 g/mol. The lowest BCUT2D eigenvalue weighted by molar-refractivity contribution is -0.151. The lowest BCUT2D eigenvalue weighted by Crippen LogP contribution is -2.68. The van der Waals surface area contributed by atoms with Gasteiger partial charge in [0.2, 0.25) is 11.8 Å². The molecule has 0 radical (unpaired) electrons. The standard InChI is InChI=1S/C17H21N7O2S2/c1-17(2)13(14-20-22-23-21-14)24-15(26)12(16(24)28-17)19-11(25)8-27-10-6-4-3-5-9(10)7-18/h3-6,12-13,16H,7-8,18H2,1-2H3,(H,19,25)(H,20,21,22,23)/t12?,13?,16-/m1/s1. The van der Waals surface area contributed by atoms with Crippen molar-refractivity contribution in [2.45, 2.75) is 47.5 Å². The molecule has 1 aromatic heterocycles. The van der Waals surface area contributed by atoms with Crippen molar-refractivity contribution in [2.24, 2.45) is 5.73 Å². The molecule has 0 saturated carbocycles. The second-order valence-electron chi connectivity index (χ2n) is 7.18. The van der Waals surface area contributed by atoms with Gasteiger partial charge in [0.05, 0.1) is 5.75 Å². The molecule has 4 N–H and O–H groups in total. The number of tetrazole rings is 1. The Labute approximate surface area is 170 Å². The fourth-order valence-corrected chi connectivity index (χ4v) is 6.13. The van der Waals surface area contributed by atoms with Crippen molar-refractivity contribution in [3.05, 3.63) is 35.7 Å². The third-order valence-corrected chi connectivity index (χ3v) is 7.60. The Morgan fingerprint density at radius 2 is 2.21 bits per heavy atom. The number of hydrogen-bond acceptors (Lipinski definition) is 8. The summed E-state index contributed by atoms with van der Waals surface area (Å²) in [6, 6.07) is 6.94. The number of nitrogens with one attached hydrogen (secondary N) is 2. The Bertz CT molecular complexity index is 889. The molecule has 4 rings (SSSR count). The number of amides is 2. The van der Waals surface area contributed by atoms with Crippen molar-refractivity contribution in [1.82, 2.24) is 30.8 Å². The second-order valence-corrected chi connectivity index (χ2v) is 9.96. The van der Waals surface area contributed by atoms with Crippen LogP contribution in [0.3, 0.4) is 0 Å². The van der Waals surface area contributed by atoms with Crippen molar-refractivity contribution in [3.63, 3.8) is 0 Å². The van der Waals surface area contributed by atoms with Crippen LogP contribution in [-0.4, -0.2) is 59.3 Å². The molecule has 2 aromatic rings. The van der Waals surface area contributed by atoms with E-state index < -0.39 is 6.04 Å². The zero-order chi connectivity index (χ0) is 19.9. The highest BCUT2D eigenvalue weighted by Gasteiger charge is 2.63. The Hall–Kier alpha value is -2.11. The molecule has 2 saturated heterocycles. The van der Waals surface area contributed by atoms with Crippen LogP contribution in [0.1, 0.15) is 31.3 Å². The molecule has 3 heterocycles. The molecule has 2 fully saturated rings. The van der Waals surface area contributed by atoms with Crippen LogP contribution in [0.4, 0.5) is 0 Å². The smallest absolute Gasteiger partial charge is 0.249 e. The summed E-state index contributed by atoms with van der Waals surface area (Å²) in [6.45, 7) is 4.51. The number of nitrogens with zero attached hydrogens (tertiary/aromatic N) is 4. The molecule has 2 amide bonds. The van der Waals surface area contributed by atoms with Crippen LogP contribution in [0.2, 0.25) is 0 Å². The molecule has 9 nitrogen and oxygen atoms in total. The number of β-lactam (4-membered cyclic amide) rings is 1. The Balaban J connectivity index is 1.39. The van der Waals surface area contributed by atoms with E-state index in [-0.39, 0.29) is 33.7 Å². The zero-order valence-electron chi connectivity index (χ0n) is 15.5. The van der Waals surface area contributed by atoms with Crippen LogP contribution in [0, 0.1) is 0 Å². The van der Waals surface area contributed by atoms with Crippen LogP contribution in [0.5, 0.6) is 0 Å². The summed E-state index contributed by atoms with van der Waals surface area (Å²) < 4.78 is -0.279. The molecule has 3 atom stereocenters. The summed E-state index contributed by atoms with van der Waals surface area (Å²) >= 11 is 3.07. The maximum absolute atomic E-state index is 12.7. The summed E-state index contributed by atoms with van der Waals surface area (Å²) in [7, 11) is 0. The normalized spacial score (nSPS) is 25.3. The minimum Gasteiger partial charge on any atom is -0.341 e. The van der Waals surface area contributed by atoms with Crippen molar-refractivity contribution in [1.29, 1.82) is 0 Å². The molecule has 0 aliphatic carbocycles. The van der Waals surface area contributed by atoms with Crippen LogP contribution in [0.15, 0.2) is 29.2 Å². The van der Waals surface area contributed by atoms with E-state index in [0.29, 0.717) is 12.4 Å². The van der Waals surface area contributed by atoms with Crippen LogP contribution < -0.4 is 11.1 Å². The van der Waals surface area contributed by atoms with E-state index in [2.05, 4.69) is 25.9 Å². The molecule has 2 aliphatic heterocycles. The Morgan fingerprint density at radius 3 is 2.93 bits per heavy atom. The van der Waals surface area contributed by atoms with E-state index >= 15 is 0 Å². The Kier molecular flexibility index (Phi) is 5.06. The van der Waals surface area contributed by atoms with Gasteiger partial charge >= 0.3 is 0 Å². The molecule has 0 bridgehead atoms. The fourth-order valence-electron chi connectivity index (χ4n) is 3.62. The van der Waals surface area contributed by atoms with Gasteiger partial charge in [0, 0.05) is 16.2 Å². The van der Waals surface area contributed by atoms with Gasteiger partial charge in [-0.2, -0.15) is 5.21 Å². The largest absolute Gasteiger partial charge is 0.341 e. The average Bonchev–Trinajstić information content (AvgIpc) is 3.28. The minimum absolute atomic E-state index is 0.112. The van der Waals surface area contributed by atoms with Crippen molar-refractivity contribution in [2.75, 3.05) is 5.75 Å². The number of H-pyrrole nitrogens is 1. The number of carbonyl (C=O) groups is 2. The number of rotatable bonds is 6. The van der Waals surface area contributed by atoms with E-state index in [1.54, 1.807) is 16.7 Å². The summed E-state index contributed by atoms with van der Waals surface area (Å²) in [5.41, 5.74) is 6.74. The number of thioether (sulfide) groups is 2. The second kappa shape index (κ2) is 7.37. The van der Waals surface area contributed by atoms with Crippen LogP contribution >= 0.6 is 23.5 Å². The quantitative estimate of drug-likeness (QED) is 0.460. The molecule has 1 aromatic carbocycles. The van der Waals surface area contributed by atoms with E-state index in [1.165, 1.54) is 11.8 Å². The summed E-state index contributed by atoms with van der Waals surface area (Å²) in [4.78, 5) is 27.9. The van der Waals surface area contributed by atoms with E-state index in [4.69, 9.17) is 5.73 Å². The average molecular weight is 420 g/mol. The van der Waals surface area contributed by atoms with Crippen LogP contribution in [0.25, 0.3) is 0 Å². The van der Waals surface area contributed by atoms with Crippen molar-refractivity contribution in [3.8, 4) is 0 Å². The highest BCUT2D eigenvalue weighted by Crippen LogP contribution is 2.56. The predicted octanol–water partition coefficient (Wildman–Crippen LogP) is 0.670. The third kappa shape index (κ3) is 3.27. The maximum Gasteiger partial charge on any atom is 0.249 e. The van der Waals surface area contributed by atoms with Gasteiger partial charge in [-0.3, -0.25) is 9.59 Å². The van der Waals surface area contributed by atoms with Crippen molar-refractivity contribution < 1.29 is 9.59 Å². The number of aromatic amines is 1. The van der Waals surface area contributed by atoms with Gasteiger partial charge in [-0.15, -0.1) is 33.7 Å². The topological polar surface area (TPSA) is 130 Å². The summed E-state index contributed by atoms with van der Waals surface area (Å²) in [5.74, 6) is 0.442. The molecule has 28 heavy (non-hydrogen) atoms. The first kappa shape index (κ1) is 19.2. The van der Waals surface area contributed by atoms with Gasteiger partial charge < -0.3 is 16.0 Å². The van der Waals surface area contributed by atoms with Crippen molar-refractivity contribution >= 4 is 35.3 Å². The fraction of sp³-hybridized carbons (Fsp3) is 0.471. The molecule has 0 spiro atoms. The first-order valence-corrected chi connectivity index (χ1v) is 10.7. The molecular weight excluding hydrogens is 398 g/mol. The SMILES string of the molecule is CC1(C)S[C@@H]2C(NC(=O)CSc3ccccc3CN)C(=O)N2C1c1nn[nH]n1. The highest BCUT2D eigenvalue weighted by molar-refractivity contribution is 8.01. The van der Waals surface area contributed by atoms with Gasteiger partial charge in [0.25, 0.3) is 0 Å². The lowest BCUT2D eigenvalue weighted by atomic mass is 9.95. The zero-order valence-corrected chi connectivity index (χ0v) is 17.1. The van der Waals surface area contributed by atoms with E-state index in [9.17, 15) is 9.59 Å². The maximum atomic E-state index is 12.7. The van der Waals surface area contributed by atoms with Gasteiger partial charge in [0.1, 0.15) is 17.5 Å². The Morgan fingerprint density at radius 1 is 1.43 bits per heavy atom. The lowest BCUT2D eigenvalue weighted by Gasteiger charge is -2.44. The number of aromatic nitrogens is 4. The first-order valence-electron chi connectivity index (χ1n) is 8.86. The highest BCUT2D eigenvalue weighted by atomic mass is 32.2. The number of fused-ring (bicyclic) bond motifs is 1. The molecule has 148 valence electrons. The van der Waals surface area contributed by atoms with Gasteiger partial charge in [-0.05, 0) is 25.5 Å². The number of benzene rings is 1. The minimum atomic E-state index is -0.529. The van der Waals surface area contributed by atoms with Gasteiger partial charge in [-0.1, -0.05) is 23.4 Å². The van der Waals surface area contributed by atoms with E-state index in [0.717, 1.165) is 10.5 Å². The number of nitrogens with two attached hydrogens (primary N) is 1. The predicted molar refractivity (Wildman–Crippen MR) is 106 cm³/mol. The number of hydrogen-bond donors (Lipinski definition) is 3. The number of carbonyl (C=O) groups excluding carboxylic acids is 2. The third-order valence-electron chi connectivity index (χ3n) is 4.92. The van der Waals surface area contributed by atoms with Gasteiger partial charge in [-0.25, -0.2) is 0 Å². The van der Waals surface area contributed by atoms with Gasteiger partial charge in [0.15, 0.2) is 5.82 Å². The summed E-state index contributed by atoms with van der Waals surface area (Å²) in [6.07, 6.45) is 0. The first-order chi connectivity index (χ1) is 13.4. The molecule has 2 aliphatic rings. The summed E-state index contributed by atoms with van der Waals surface area (Å²) in [5, 5.41) is 16.9. The molecule has 11 heteroatoms.